The van der Waals surface area contributed by atoms with Crippen LogP contribution in [0.1, 0.15) is 53.6 Å². The van der Waals surface area contributed by atoms with Crippen molar-refractivity contribution in [3.05, 3.63) is 94.5 Å². The maximum absolute atomic E-state index is 14.3. The number of nitrogens with one attached hydrogen (secondary N) is 3. The van der Waals surface area contributed by atoms with Crippen molar-refractivity contribution in [1.82, 2.24) is 10.4 Å². The van der Waals surface area contributed by atoms with Crippen LogP contribution in [0.5, 0.6) is 0 Å². The van der Waals surface area contributed by atoms with E-state index in [0.29, 0.717) is 55.2 Å². The van der Waals surface area contributed by atoms with Gasteiger partial charge in [-0.15, -0.1) is 0 Å². The van der Waals surface area contributed by atoms with Gasteiger partial charge in [0.25, 0.3) is 0 Å². The number of para-hydroxylation sites is 1. The highest BCUT2D eigenvalue weighted by Gasteiger charge is 2.41. The van der Waals surface area contributed by atoms with Crippen LogP contribution in [0.2, 0.25) is 5.02 Å². The highest BCUT2D eigenvalue weighted by atomic mass is 35.5. The molecule has 41 heavy (non-hydrogen) atoms. The second-order valence-corrected chi connectivity index (χ2v) is 10.6. The minimum atomic E-state index is -0.988. The molecule has 3 atom stereocenters. The third-order valence-electron chi connectivity index (χ3n) is 7.22. The number of ketones is 1. The molecule has 0 spiro atoms. The summed E-state index contributed by atoms with van der Waals surface area (Å²) in [6.07, 6.45) is 1.73. The molecule has 1 heterocycles. The number of hydrogen-bond acceptors (Lipinski definition) is 7. The van der Waals surface area contributed by atoms with Gasteiger partial charge in [-0.25, -0.2) is 10.4 Å². The highest BCUT2D eigenvalue weighted by Crippen LogP contribution is 2.36. The van der Waals surface area contributed by atoms with Crippen LogP contribution in [0.3, 0.4) is 0 Å². The summed E-state index contributed by atoms with van der Waals surface area (Å²) in [4.78, 5) is 38.0. The van der Waals surface area contributed by atoms with Gasteiger partial charge in [0.2, 0.25) is 5.91 Å². The number of anilines is 2. The fourth-order valence-corrected chi connectivity index (χ4v) is 5.44. The Morgan fingerprint density at radius 3 is 2.41 bits per heavy atom. The van der Waals surface area contributed by atoms with Crippen molar-refractivity contribution in [2.24, 2.45) is 5.73 Å². The maximum Gasteiger partial charge on any atom is 0.322 e. The minimum Gasteiger partial charge on any atom is -0.480 e. The summed E-state index contributed by atoms with van der Waals surface area (Å²) in [5.41, 5.74) is 12.6. The van der Waals surface area contributed by atoms with Crippen molar-refractivity contribution in [2.75, 3.05) is 23.7 Å². The zero-order valence-electron chi connectivity index (χ0n) is 23.0. The molecule has 1 amide bonds. The number of nitrogens with two attached hydrogens (primary N) is 1. The topological polar surface area (TPSA) is 137 Å². The second-order valence-electron chi connectivity index (χ2n) is 10.2. The van der Waals surface area contributed by atoms with E-state index in [2.05, 4.69) is 16.1 Å². The third-order valence-corrected chi connectivity index (χ3v) is 7.55. The smallest absolute Gasteiger partial charge is 0.322 e. The predicted octanol–water partition coefficient (Wildman–Crippen LogP) is 4.65. The number of carbonyl (C=O) groups is 3. The van der Waals surface area contributed by atoms with Crippen molar-refractivity contribution in [1.29, 1.82) is 0 Å². The molecule has 0 radical (unpaired) electrons. The van der Waals surface area contributed by atoms with Crippen molar-refractivity contribution in [3.8, 4) is 0 Å². The Bertz CT molecular complexity index is 1370. The zero-order chi connectivity index (χ0) is 29.4. The highest BCUT2D eigenvalue weighted by molar-refractivity contribution is 6.33. The number of carboxylic acids is 1. The van der Waals surface area contributed by atoms with Gasteiger partial charge in [0.15, 0.2) is 5.78 Å². The summed E-state index contributed by atoms with van der Waals surface area (Å²) in [7, 11) is 0. The summed E-state index contributed by atoms with van der Waals surface area (Å²) >= 11 is 6.42. The number of aliphatic carboxylic acids is 1. The summed E-state index contributed by atoms with van der Waals surface area (Å²) < 4.78 is 0. The van der Waals surface area contributed by atoms with Crippen molar-refractivity contribution in [2.45, 2.75) is 50.7 Å². The molecular weight excluding hydrogens is 542 g/mol. The molecule has 6 N–H and O–H groups in total. The summed E-state index contributed by atoms with van der Waals surface area (Å²) in [5, 5.41) is 18.5. The standard InChI is InChI=1S/C31H36ClN5O4/c1-20(38)35-23-15-13-21(14-16-23)30(39)29-25(18-34-27-11-5-4-10-26(27)32)24-9-3-2-8-22(24)19-37(29)36-28(31(40)41)12-6-7-17-33/h2-5,8-11,13-16,25,28-29,34,36H,6-7,12,17-19,33H2,1H3,(H,35,38)(H,40,41)/t25?,28-,29?/m1/s1. The van der Waals surface area contributed by atoms with E-state index < -0.39 is 18.1 Å². The fraction of sp³-hybridized carbons (Fsp3) is 0.323. The van der Waals surface area contributed by atoms with Gasteiger partial charge in [-0.05, 0) is 73.3 Å². The first-order valence-corrected chi connectivity index (χ1v) is 14.1. The first kappa shape index (κ1) is 30.2. The van der Waals surface area contributed by atoms with Gasteiger partial charge in [0.05, 0.1) is 16.8 Å². The number of Topliss-reactive ketones (excluding diaryl/α,β-unsaturated/α-hetero) is 1. The van der Waals surface area contributed by atoms with Crippen LogP contribution in [0.15, 0.2) is 72.8 Å². The monoisotopic (exact) mass is 577 g/mol. The van der Waals surface area contributed by atoms with Gasteiger partial charge in [-0.2, -0.15) is 0 Å². The molecule has 1 aliphatic heterocycles. The maximum atomic E-state index is 14.3. The van der Waals surface area contributed by atoms with Gasteiger partial charge in [0.1, 0.15) is 6.04 Å². The molecule has 0 aromatic heterocycles. The molecule has 0 saturated carbocycles. The first-order chi connectivity index (χ1) is 19.8. The van der Waals surface area contributed by atoms with Crippen LogP contribution in [0.25, 0.3) is 0 Å². The number of hydrazine groups is 1. The van der Waals surface area contributed by atoms with Crippen LogP contribution < -0.4 is 21.8 Å². The zero-order valence-corrected chi connectivity index (χ0v) is 23.7. The lowest BCUT2D eigenvalue weighted by molar-refractivity contribution is -0.142. The number of fused-ring (bicyclic) bond motifs is 1. The molecule has 0 fully saturated rings. The predicted molar refractivity (Wildman–Crippen MR) is 161 cm³/mol. The molecular formula is C31H36ClN5O4. The van der Waals surface area contributed by atoms with E-state index >= 15 is 0 Å². The van der Waals surface area contributed by atoms with E-state index in [9.17, 15) is 19.5 Å². The fourth-order valence-electron chi connectivity index (χ4n) is 5.23. The van der Waals surface area contributed by atoms with Crippen LogP contribution >= 0.6 is 11.6 Å². The first-order valence-electron chi connectivity index (χ1n) is 13.7. The number of hydrogen-bond donors (Lipinski definition) is 5. The van der Waals surface area contributed by atoms with E-state index in [-0.39, 0.29) is 17.6 Å². The Labute approximate surface area is 245 Å². The van der Waals surface area contributed by atoms with Crippen molar-refractivity contribution >= 4 is 40.6 Å². The van der Waals surface area contributed by atoms with Crippen molar-refractivity contribution < 1.29 is 19.5 Å². The molecule has 3 aromatic rings. The minimum absolute atomic E-state index is 0.168. The lowest BCUT2D eigenvalue weighted by Crippen LogP contribution is -2.59. The van der Waals surface area contributed by atoms with Crippen LogP contribution in [-0.2, 0) is 16.1 Å². The van der Waals surface area contributed by atoms with Gasteiger partial charge in [-0.3, -0.25) is 14.4 Å². The van der Waals surface area contributed by atoms with E-state index in [1.165, 1.54) is 6.92 Å². The number of rotatable bonds is 13. The molecule has 3 aromatic carbocycles. The SMILES string of the molecule is CC(=O)Nc1ccc(C(=O)C2C(CNc3ccccc3Cl)c3ccccc3CN2N[C@H](CCCCN)C(=O)O)cc1. The molecule has 9 nitrogen and oxygen atoms in total. The molecule has 0 saturated heterocycles. The summed E-state index contributed by atoms with van der Waals surface area (Å²) in [6, 6.07) is 20.4. The Hall–Kier alpha value is -3.76. The molecule has 216 valence electrons. The molecule has 2 unspecified atom stereocenters. The van der Waals surface area contributed by atoms with Crippen molar-refractivity contribution in [3.63, 3.8) is 0 Å². The normalized spacial score (nSPS) is 17.3. The number of nitrogens with zero attached hydrogens (tertiary/aromatic N) is 1. The van der Waals surface area contributed by atoms with Crippen LogP contribution in [-0.4, -0.2) is 52.9 Å². The Balaban J connectivity index is 1.72. The lowest BCUT2D eigenvalue weighted by Gasteiger charge is -2.43. The largest absolute Gasteiger partial charge is 0.480 e. The van der Waals surface area contributed by atoms with E-state index in [0.717, 1.165) is 16.8 Å². The summed E-state index contributed by atoms with van der Waals surface area (Å²) in [5.74, 6) is -1.70. The van der Waals surface area contributed by atoms with Gasteiger partial charge in [0, 0.05) is 37.2 Å². The van der Waals surface area contributed by atoms with E-state index in [1.807, 2.05) is 42.5 Å². The van der Waals surface area contributed by atoms with E-state index in [1.54, 1.807) is 35.3 Å². The number of benzene rings is 3. The van der Waals surface area contributed by atoms with Gasteiger partial charge < -0.3 is 21.5 Å². The lowest BCUT2D eigenvalue weighted by atomic mass is 9.80. The molecule has 0 aliphatic carbocycles. The average molecular weight is 578 g/mol. The number of unbranched alkanes of at least 4 members (excludes halogenated alkanes) is 1. The summed E-state index contributed by atoms with van der Waals surface area (Å²) in [6.45, 7) is 2.63. The Morgan fingerprint density at radius 2 is 1.73 bits per heavy atom. The van der Waals surface area contributed by atoms with Gasteiger partial charge >= 0.3 is 5.97 Å². The third kappa shape index (κ3) is 7.71. The Morgan fingerprint density at radius 1 is 1.02 bits per heavy atom. The van der Waals surface area contributed by atoms with E-state index in [4.69, 9.17) is 17.3 Å². The molecule has 10 heteroatoms. The number of carboxylic acid groups (broad SMARTS) is 1. The van der Waals surface area contributed by atoms with Crippen LogP contribution in [0, 0.1) is 0 Å². The number of amides is 1. The quantitative estimate of drug-likeness (QED) is 0.146. The van der Waals surface area contributed by atoms with Gasteiger partial charge in [-0.1, -0.05) is 48.0 Å². The second kappa shape index (κ2) is 14.2. The Kier molecular flexibility index (Phi) is 10.5. The molecule has 1 aliphatic rings. The van der Waals surface area contributed by atoms with Crippen LogP contribution in [0.4, 0.5) is 11.4 Å². The molecule has 0 bridgehead atoms. The molecule has 4 rings (SSSR count). The number of halogens is 1. The number of carbonyl (C=O) groups excluding carboxylic acids is 2. The average Bonchev–Trinajstić information content (AvgIpc) is 2.95.